The second-order valence-electron chi connectivity index (χ2n) is 10.6. The molecule has 250 valence electrons. The second kappa shape index (κ2) is 17.4. The molecular formula is C24H43N3O16. The number of aliphatic hydroxyl groups excluding tert-OH is 10. The van der Waals surface area contributed by atoms with Gasteiger partial charge < -0.3 is 79.5 Å². The molecule has 0 aromatic rings. The maximum Gasteiger partial charge on any atom is 0.187 e. The van der Waals surface area contributed by atoms with Crippen molar-refractivity contribution in [1.29, 1.82) is 0 Å². The minimum atomic E-state index is -1.91. The van der Waals surface area contributed by atoms with Gasteiger partial charge in [-0.2, -0.15) is 0 Å². The third-order valence-corrected chi connectivity index (χ3v) is 7.57. The van der Waals surface area contributed by atoms with Crippen LogP contribution in [0.5, 0.6) is 0 Å². The molecule has 0 spiro atoms. The summed E-state index contributed by atoms with van der Waals surface area (Å²) in [7, 11) is 0. The van der Waals surface area contributed by atoms with E-state index in [4.69, 9.17) is 34.0 Å². The Morgan fingerprint density at radius 3 is 1.56 bits per heavy atom. The van der Waals surface area contributed by atoms with Crippen molar-refractivity contribution in [3.8, 4) is 0 Å². The number of unbranched alkanes of at least 4 members (excludes halogenated alkanes) is 3. The van der Waals surface area contributed by atoms with Gasteiger partial charge in [0.25, 0.3) is 0 Å². The van der Waals surface area contributed by atoms with Crippen molar-refractivity contribution in [3.63, 3.8) is 0 Å². The number of nitrogens with zero attached hydrogens (tertiary/aromatic N) is 3. The molecule has 0 aromatic heterocycles. The summed E-state index contributed by atoms with van der Waals surface area (Å²) >= 11 is 0. The van der Waals surface area contributed by atoms with E-state index >= 15 is 0 Å². The van der Waals surface area contributed by atoms with Crippen molar-refractivity contribution in [3.05, 3.63) is 10.4 Å². The van der Waals surface area contributed by atoms with Crippen molar-refractivity contribution in [1.82, 2.24) is 0 Å². The number of rotatable bonds is 15. The Morgan fingerprint density at radius 1 is 0.558 bits per heavy atom. The SMILES string of the molecule is [N-]=[N+]=NCCCCCCO[C@@H]1O[C@H](CO)[C@@H](O[C@@H]2O[C@H](CO)[C@H](O[C@H]3O[C@H](CO)[C@H](O)[C@H](O)[C@H]3O)[C@H](O)[C@H]2O)[C@H](O)[C@H]1O. The molecule has 0 bridgehead atoms. The first-order valence-corrected chi connectivity index (χ1v) is 14.1. The monoisotopic (exact) mass is 629 g/mol. The van der Waals surface area contributed by atoms with Crippen LogP contribution in [0.1, 0.15) is 25.7 Å². The minimum Gasteiger partial charge on any atom is -0.394 e. The lowest BCUT2D eigenvalue weighted by atomic mass is 9.96. The van der Waals surface area contributed by atoms with Gasteiger partial charge in [-0.1, -0.05) is 18.0 Å². The largest absolute Gasteiger partial charge is 0.394 e. The molecule has 19 nitrogen and oxygen atoms in total. The van der Waals surface area contributed by atoms with Crippen LogP contribution in [0.15, 0.2) is 5.11 Å². The molecule has 0 amide bonds. The highest BCUT2D eigenvalue weighted by Gasteiger charge is 2.53. The van der Waals surface area contributed by atoms with Crippen LogP contribution in [0.3, 0.4) is 0 Å². The fraction of sp³-hybridized carbons (Fsp3) is 1.00. The second-order valence-corrected chi connectivity index (χ2v) is 10.6. The molecule has 0 aromatic carbocycles. The number of hydrogen-bond acceptors (Lipinski definition) is 17. The molecule has 3 aliphatic heterocycles. The van der Waals surface area contributed by atoms with Gasteiger partial charge in [-0.3, -0.25) is 0 Å². The van der Waals surface area contributed by atoms with Crippen LogP contribution in [0.25, 0.3) is 10.4 Å². The molecule has 0 aliphatic carbocycles. The van der Waals surface area contributed by atoms with E-state index in [-0.39, 0.29) is 6.61 Å². The molecule has 0 saturated carbocycles. The average molecular weight is 630 g/mol. The summed E-state index contributed by atoms with van der Waals surface area (Å²) in [6, 6.07) is 0. The van der Waals surface area contributed by atoms with E-state index < -0.39 is 112 Å². The number of ether oxygens (including phenoxy) is 6. The van der Waals surface area contributed by atoms with Crippen molar-refractivity contribution < 1.29 is 79.5 Å². The number of azide groups is 1. The Balaban J connectivity index is 1.58. The Bertz CT molecular complexity index is 866. The van der Waals surface area contributed by atoms with Gasteiger partial charge >= 0.3 is 0 Å². The standard InChI is InChI=1S/C24H43N3O16/c25-27-26-5-3-1-2-4-6-38-22-18(36)15(33)20(11(8-29)40-22)43-24-19(37)16(34)21(12(9-30)41-24)42-23-17(35)14(32)13(31)10(7-28)39-23/h10-24,28-37H,1-9H2/t10-,11-,12-,13+,14+,15-,16-,17-,18-,19-,20-,21+,22-,23-,24+/m1/s1. The zero-order valence-corrected chi connectivity index (χ0v) is 23.3. The molecule has 0 radical (unpaired) electrons. The predicted molar refractivity (Wildman–Crippen MR) is 137 cm³/mol. The Morgan fingerprint density at radius 2 is 1.02 bits per heavy atom. The van der Waals surface area contributed by atoms with Crippen molar-refractivity contribution in [2.24, 2.45) is 5.11 Å². The molecule has 0 unspecified atom stereocenters. The molecule has 3 fully saturated rings. The van der Waals surface area contributed by atoms with Gasteiger partial charge in [-0.25, -0.2) is 0 Å². The normalized spacial score (nSPS) is 43.7. The lowest BCUT2D eigenvalue weighted by Crippen LogP contribution is -2.66. The van der Waals surface area contributed by atoms with E-state index in [1.54, 1.807) is 0 Å². The number of hydrogen-bond donors (Lipinski definition) is 10. The first-order valence-electron chi connectivity index (χ1n) is 14.1. The van der Waals surface area contributed by atoms with Gasteiger partial charge in [0.1, 0.15) is 73.2 Å². The van der Waals surface area contributed by atoms with E-state index in [1.165, 1.54) is 0 Å². The summed E-state index contributed by atoms with van der Waals surface area (Å²) < 4.78 is 33.0. The summed E-state index contributed by atoms with van der Waals surface area (Å²) in [6.07, 6.45) is -21.5. The van der Waals surface area contributed by atoms with Crippen LogP contribution >= 0.6 is 0 Å². The highest BCUT2D eigenvalue weighted by Crippen LogP contribution is 2.32. The van der Waals surface area contributed by atoms with Crippen LogP contribution in [0, 0.1) is 0 Å². The molecule has 15 atom stereocenters. The first kappa shape index (κ1) is 36.1. The van der Waals surface area contributed by atoms with E-state index in [2.05, 4.69) is 10.0 Å². The molecule has 3 saturated heterocycles. The Kier molecular flexibility index (Phi) is 14.6. The zero-order valence-electron chi connectivity index (χ0n) is 23.3. The van der Waals surface area contributed by atoms with E-state index in [0.29, 0.717) is 19.4 Å². The quantitative estimate of drug-likeness (QED) is 0.0352. The van der Waals surface area contributed by atoms with Crippen LogP contribution in [0.4, 0.5) is 0 Å². The molecule has 19 heteroatoms. The van der Waals surface area contributed by atoms with Crippen LogP contribution < -0.4 is 0 Å². The summed E-state index contributed by atoms with van der Waals surface area (Å²) in [5.41, 5.74) is 8.28. The zero-order chi connectivity index (χ0) is 31.7. The van der Waals surface area contributed by atoms with Crippen molar-refractivity contribution >= 4 is 0 Å². The molecule has 10 N–H and O–H groups in total. The predicted octanol–water partition coefficient (Wildman–Crippen LogP) is -4.68. The minimum absolute atomic E-state index is 0.157. The van der Waals surface area contributed by atoms with E-state index in [0.717, 1.165) is 12.8 Å². The smallest absolute Gasteiger partial charge is 0.187 e. The average Bonchev–Trinajstić information content (AvgIpc) is 3.01. The molecule has 3 aliphatic rings. The summed E-state index contributed by atoms with van der Waals surface area (Å²) in [4.78, 5) is 2.67. The number of aliphatic hydroxyl groups is 10. The van der Waals surface area contributed by atoms with Crippen LogP contribution in [-0.2, 0) is 28.4 Å². The van der Waals surface area contributed by atoms with Gasteiger partial charge in [0.05, 0.1) is 19.8 Å². The highest BCUT2D eigenvalue weighted by molar-refractivity contribution is 4.96. The van der Waals surface area contributed by atoms with Gasteiger partial charge in [0, 0.05) is 18.1 Å². The van der Waals surface area contributed by atoms with E-state index in [1.807, 2.05) is 0 Å². The summed E-state index contributed by atoms with van der Waals surface area (Å²) in [5.74, 6) is 0. The first-order chi connectivity index (χ1) is 20.6. The topological polar surface area (TPSA) is 306 Å². The molecule has 43 heavy (non-hydrogen) atoms. The molecule has 3 heterocycles. The maximum absolute atomic E-state index is 10.8. The Labute approximate surface area is 246 Å². The van der Waals surface area contributed by atoms with Crippen LogP contribution in [0.2, 0.25) is 0 Å². The van der Waals surface area contributed by atoms with E-state index in [9.17, 15) is 51.1 Å². The third kappa shape index (κ3) is 8.90. The molecule has 3 rings (SSSR count). The van der Waals surface area contributed by atoms with Gasteiger partial charge in [0.15, 0.2) is 18.9 Å². The maximum atomic E-state index is 10.8. The summed E-state index contributed by atoms with van der Waals surface area (Å²) in [5, 5.41) is 106. The van der Waals surface area contributed by atoms with Gasteiger partial charge in [-0.15, -0.1) is 0 Å². The lowest BCUT2D eigenvalue weighted by Gasteiger charge is -2.48. The fourth-order valence-electron chi connectivity index (χ4n) is 5.06. The van der Waals surface area contributed by atoms with Gasteiger partial charge in [0.2, 0.25) is 0 Å². The molecular weight excluding hydrogens is 586 g/mol. The Hall–Kier alpha value is -1.33. The fourth-order valence-corrected chi connectivity index (χ4v) is 5.06. The van der Waals surface area contributed by atoms with Gasteiger partial charge in [-0.05, 0) is 18.4 Å². The lowest BCUT2D eigenvalue weighted by molar-refractivity contribution is -0.379. The highest BCUT2D eigenvalue weighted by atomic mass is 16.8. The van der Waals surface area contributed by atoms with Crippen molar-refractivity contribution in [2.45, 2.75) is 118 Å². The van der Waals surface area contributed by atoms with Crippen LogP contribution in [-0.4, -0.2) is 176 Å². The summed E-state index contributed by atoms with van der Waals surface area (Å²) in [6.45, 7) is -1.72. The van der Waals surface area contributed by atoms with Crippen molar-refractivity contribution in [2.75, 3.05) is 33.0 Å². The third-order valence-electron chi connectivity index (χ3n) is 7.57.